The minimum atomic E-state index is 0.259. The number of rotatable bonds is 8. The number of nitrogens with zero attached hydrogens (tertiary/aromatic N) is 4. The molecule has 1 N–H and O–H groups in total. The minimum absolute atomic E-state index is 0.259. The number of hydrogen-bond donors (Lipinski definition) is 1. The van der Waals surface area contributed by atoms with E-state index in [0.29, 0.717) is 12.5 Å². The van der Waals surface area contributed by atoms with E-state index in [1.165, 1.54) is 11.4 Å². The van der Waals surface area contributed by atoms with E-state index in [0.717, 1.165) is 74.5 Å². The molecule has 1 aromatic carbocycles. The first-order chi connectivity index (χ1) is 16.7. The summed E-state index contributed by atoms with van der Waals surface area (Å²) < 4.78 is 16.9. The molecule has 0 amide bonds. The Morgan fingerprint density at radius 1 is 1.09 bits per heavy atom. The van der Waals surface area contributed by atoms with Gasteiger partial charge in [0, 0.05) is 74.4 Å². The number of benzene rings is 1. The van der Waals surface area contributed by atoms with Crippen LogP contribution < -0.4 is 19.9 Å². The van der Waals surface area contributed by atoms with Gasteiger partial charge in [-0.3, -0.25) is 0 Å². The lowest BCUT2D eigenvalue weighted by Crippen LogP contribution is -2.36. The highest BCUT2D eigenvalue weighted by molar-refractivity contribution is 5.96. The standard InChI is InChI=1S/C26H33N5O3/c1-27-8-12-34-26-6-3-19(17-28-26)23-16-25(31-9-7-21(18-31)32-2)22-5-4-20(15-24(22)29-23)30-10-13-33-14-11-30/h3-6,15-17,21,27H,7-14,18H2,1-2H3. The van der Waals surface area contributed by atoms with E-state index in [9.17, 15) is 0 Å². The third-order valence-corrected chi connectivity index (χ3v) is 6.60. The van der Waals surface area contributed by atoms with Crippen molar-refractivity contribution in [3.63, 3.8) is 0 Å². The van der Waals surface area contributed by atoms with Crippen LogP contribution in [0.3, 0.4) is 0 Å². The molecule has 0 bridgehead atoms. The highest BCUT2D eigenvalue weighted by Gasteiger charge is 2.25. The number of fused-ring (bicyclic) bond motifs is 1. The van der Waals surface area contributed by atoms with Crippen LogP contribution >= 0.6 is 0 Å². The van der Waals surface area contributed by atoms with Gasteiger partial charge in [-0.15, -0.1) is 0 Å². The zero-order valence-electron chi connectivity index (χ0n) is 20.0. The van der Waals surface area contributed by atoms with Crippen molar-refractivity contribution in [3.8, 4) is 17.1 Å². The third-order valence-electron chi connectivity index (χ3n) is 6.60. The molecule has 1 atom stereocenters. The van der Waals surface area contributed by atoms with Crippen LogP contribution in [0.15, 0.2) is 42.6 Å². The smallest absolute Gasteiger partial charge is 0.213 e. The maximum absolute atomic E-state index is 5.69. The summed E-state index contributed by atoms with van der Waals surface area (Å²) in [7, 11) is 3.70. The van der Waals surface area contributed by atoms with E-state index in [1.54, 1.807) is 7.11 Å². The fraction of sp³-hybridized carbons (Fsp3) is 0.462. The van der Waals surface area contributed by atoms with Crippen molar-refractivity contribution in [1.29, 1.82) is 0 Å². The molecular weight excluding hydrogens is 430 g/mol. The molecule has 2 aromatic heterocycles. The van der Waals surface area contributed by atoms with Crippen molar-refractivity contribution in [1.82, 2.24) is 15.3 Å². The molecule has 8 nitrogen and oxygen atoms in total. The number of likely N-dealkylation sites (N-methyl/N-ethyl adjacent to an activating group) is 1. The lowest BCUT2D eigenvalue weighted by Gasteiger charge is -2.29. The quantitative estimate of drug-likeness (QED) is 0.512. The second kappa shape index (κ2) is 10.5. The van der Waals surface area contributed by atoms with Gasteiger partial charge >= 0.3 is 0 Å². The third kappa shape index (κ3) is 4.94. The molecule has 2 aliphatic heterocycles. The van der Waals surface area contributed by atoms with Crippen LogP contribution in [0, 0.1) is 0 Å². The van der Waals surface area contributed by atoms with Crippen molar-refractivity contribution >= 4 is 22.3 Å². The molecular formula is C26H33N5O3. The Morgan fingerprint density at radius 2 is 1.97 bits per heavy atom. The monoisotopic (exact) mass is 463 g/mol. The van der Waals surface area contributed by atoms with Gasteiger partial charge in [-0.2, -0.15) is 0 Å². The van der Waals surface area contributed by atoms with Gasteiger partial charge in [0.2, 0.25) is 5.88 Å². The number of pyridine rings is 2. The Bertz CT molecular complexity index is 1100. The number of hydrogen-bond acceptors (Lipinski definition) is 8. The summed E-state index contributed by atoms with van der Waals surface area (Å²) in [6, 6.07) is 12.8. The van der Waals surface area contributed by atoms with Crippen LogP contribution in [0.4, 0.5) is 11.4 Å². The van der Waals surface area contributed by atoms with E-state index >= 15 is 0 Å². The maximum Gasteiger partial charge on any atom is 0.213 e. The predicted molar refractivity (Wildman–Crippen MR) is 135 cm³/mol. The predicted octanol–water partition coefficient (Wildman–Crippen LogP) is 2.96. The van der Waals surface area contributed by atoms with Crippen LogP contribution in [0.5, 0.6) is 5.88 Å². The summed E-state index contributed by atoms with van der Waals surface area (Å²) in [5.74, 6) is 0.622. The van der Waals surface area contributed by atoms with Gasteiger partial charge in [-0.1, -0.05) is 0 Å². The van der Waals surface area contributed by atoms with Crippen molar-refractivity contribution in [2.75, 3.05) is 76.5 Å². The van der Waals surface area contributed by atoms with Gasteiger partial charge in [-0.05, 0) is 43.8 Å². The lowest BCUT2D eigenvalue weighted by atomic mass is 10.1. The van der Waals surface area contributed by atoms with Gasteiger partial charge in [-0.25, -0.2) is 9.97 Å². The van der Waals surface area contributed by atoms with E-state index in [1.807, 2.05) is 25.4 Å². The summed E-state index contributed by atoms with van der Waals surface area (Å²) in [5, 5.41) is 4.24. The number of methoxy groups -OCH3 is 1. The number of aromatic nitrogens is 2. The molecule has 0 radical (unpaired) electrons. The largest absolute Gasteiger partial charge is 0.476 e. The van der Waals surface area contributed by atoms with Crippen LogP contribution in [-0.2, 0) is 9.47 Å². The van der Waals surface area contributed by atoms with Crippen LogP contribution in [0.1, 0.15) is 6.42 Å². The zero-order chi connectivity index (χ0) is 23.3. The SMILES string of the molecule is CNCCOc1ccc(-c2cc(N3CCC(OC)C3)c3ccc(N4CCOCC4)cc3n2)cn1. The molecule has 2 fully saturated rings. The molecule has 2 saturated heterocycles. The van der Waals surface area contributed by atoms with E-state index in [-0.39, 0.29) is 6.10 Å². The molecule has 0 aliphatic carbocycles. The minimum Gasteiger partial charge on any atom is -0.476 e. The van der Waals surface area contributed by atoms with Gasteiger partial charge in [0.05, 0.1) is 30.5 Å². The molecule has 3 aromatic rings. The Hall–Kier alpha value is -2.94. The Labute approximate surface area is 200 Å². The molecule has 34 heavy (non-hydrogen) atoms. The zero-order valence-corrected chi connectivity index (χ0v) is 20.0. The first-order valence-corrected chi connectivity index (χ1v) is 12.0. The topological polar surface area (TPSA) is 72.0 Å². The average molecular weight is 464 g/mol. The summed E-state index contributed by atoms with van der Waals surface area (Å²) in [6.45, 7) is 6.55. The normalized spacial score (nSPS) is 18.6. The summed E-state index contributed by atoms with van der Waals surface area (Å²) >= 11 is 0. The molecule has 4 heterocycles. The number of anilines is 2. The van der Waals surface area contributed by atoms with Gasteiger partial charge in [0.15, 0.2) is 0 Å². The average Bonchev–Trinajstić information content (AvgIpc) is 3.38. The lowest BCUT2D eigenvalue weighted by molar-refractivity contribution is 0.121. The van der Waals surface area contributed by atoms with Gasteiger partial charge in [0.1, 0.15) is 6.61 Å². The van der Waals surface area contributed by atoms with E-state index in [2.05, 4.69) is 44.4 Å². The first kappa shape index (κ1) is 22.8. The van der Waals surface area contributed by atoms with Crippen LogP contribution in [0.2, 0.25) is 0 Å². The second-order valence-electron chi connectivity index (χ2n) is 8.76. The van der Waals surface area contributed by atoms with Gasteiger partial charge < -0.3 is 29.3 Å². The van der Waals surface area contributed by atoms with Gasteiger partial charge in [0.25, 0.3) is 0 Å². The Morgan fingerprint density at radius 3 is 2.71 bits per heavy atom. The fourth-order valence-electron chi connectivity index (χ4n) is 4.64. The molecule has 1 unspecified atom stereocenters. The molecule has 5 rings (SSSR count). The van der Waals surface area contributed by atoms with E-state index < -0.39 is 0 Å². The highest BCUT2D eigenvalue weighted by Crippen LogP contribution is 2.35. The Balaban J connectivity index is 1.51. The van der Waals surface area contributed by atoms with Crippen LogP contribution in [0.25, 0.3) is 22.2 Å². The molecule has 2 aliphatic rings. The van der Waals surface area contributed by atoms with Crippen molar-refractivity contribution in [2.24, 2.45) is 0 Å². The second-order valence-corrected chi connectivity index (χ2v) is 8.76. The fourth-order valence-corrected chi connectivity index (χ4v) is 4.64. The van der Waals surface area contributed by atoms with Crippen molar-refractivity contribution in [2.45, 2.75) is 12.5 Å². The Kier molecular flexibility index (Phi) is 7.08. The van der Waals surface area contributed by atoms with Crippen molar-refractivity contribution in [3.05, 3.63) is 42.6 Å². The molecule has 0 saturated carbocycles. The summed E-state index contributed by atoms with van der Waals surface area (Å²) in [6.07, 6.45) is 3.14. The number of morpholine rings is 1. The summed E-state index contributed by atoms with van der Waals surface area (Å²) in [4.78, 5) is 14.4. The highest BCUT2D eigenvalue weighted by atomic mass is 16.5. The number of nitrogens with one attached hydrogen (secondary N) is 1. The van der Waals surface area contributed by atoms with Crippen molar-refractivity contribution < 1.29 is 14.2 Å². The first-order valence-electron chi connectivity index (χ1n) is 12.0. The molecule has 8 heteroatoms. The molecule has 0 spiro atoms. The van der Waals surface area contributed by atoms with E-state index in [4.69, 9.17) is 19.2 Å². The number of ether oxygens (including phenoxy) is 3. The maximum atomic E-state index is 5.69. The van der Waals surface area contributed by atoms with Crippen LogP contribution in [-0.4, -0.2) is 82.8 Å². The summed E-state index contributed by atoms with van der Waals surface area (Å²) in [5.41, 5.74) is 5.27. The molecule has 180 valence electrons.